The first-order valence-corrected chi connectivity index (χ1v) is 8.16. The van der Waals surface area contributed by atoms with Crippen molar-refractivity contribution in [1.29, 1.82) is 0 Å². The molecule has 1 aliphatic rings. The second-order valence-corrected chi connectivity index (χ2v) is 5.81. The molecule has 0 aromatic heterocycles. The smallest absolute Gasteiger partial charge is 0.169 e. The molecule has 22 heavy (non-hydrogen) atoms. The molecule has 0 unspecified atom stereocenters. The van der Waals surface area contributed by atoms with Crippen molar-refractivity contribution in [3.63, 3.8) is 0 Å². The van der Waals surface area contributed by atoms with Gasteiger partial charge in [0, 0.05) is 6.54 Å². The molecule has 0 atom stereocenters. The average Bonchev–Trinajstić information content (AvgIpc) is 2.55. The Morgan fingerprint density at radius 1 is 1.27 bits per heavy atom. The van der Waals surface area contributed by atoms with Crippen molar-refractivity contribution >= 4 is 17.3 Å². The van der Waals surface area contributed by atoms with Gasteiger partial charge in [0.25, 0.3) is 0 Å². The Hall–Kier alpha value is -1.53. The van der Waals surface area contributed by atoms with Crippen molar-refractivity contribution in [2.45, 2.75) is 13.5 Å². The summed E-state index contributed by atoms with van der Waals surface area (Å²) in [6, 6.07) is 5.98. The average molecular weight is 324 g/mol. The number of hydrogen-bond donors (Lipinski definition) is 2. The molecular formula is C16H26N3O2S+. The van der Waals surface area contributed by atoms with E-state index in [1.54, 1.807) is 19.1 Å². The molecule has 2 rings (SSSR count). The Morgan fingerprint density at radius 3 is 2.59 bits per heavy atom. The van der Waals surface area contributed by atoms with Crippen LogP contribution in [0.4, 0.5) is 0 Å². The number of piperazine rings is 1. The fourth-order valence-electron chi connectivity index (χ4n) is 2.76. The molecule has 6 heteroatoms. The molecule has 1 saturated heterocycles. The summed E-state index contributed by atoms with van der Waals surface area (Å²) < 4.78 is 10.8. The van der Waals surface area contributed by atoms with E-state index in [1.807, 2.05) is 12.1 Å². The van der Waals surface area contributed by atoms with E-state index in [4.69, 9.17) is 21.7 Å². The zero-order chi connectivity index (χ0) is 15.9. The van der Waals surface area contributed by atoms with Gasteiger partial charge in [0.15, 0.2) is 5.11 Å². The third kappa shape index (κ3) is 4.24. The molecule has 0 amide bonds. The number of methoxy groups -OCH3 is 2. The van der Waals surface area contributed by atoms with E-state index in [2.05, 4.69) is 23.2 Å². The van der Waals surface area contributed by atoms with Crippen LogP contribution in [-0.4, -0.2) is 57.0 Å². The summed E-state index contributed by atoms with van der Waals surface area (Å²) in [5.74, 6) is 1.81. The largest absolute Gasteiger partial charge is 0.497 e. The van der Waals surface area contributed by atoms with Crippen molar-refractivity contribution in [3.05, 3.63) is 23.8 Å². The highest BCUT2D eigenvalue weighted by molar-refractivity contribution is 7.80. The molecule has 0 aliphatic carbocycles. The molecule has 2 N–H and O–H groups in total. The second kappa shape index (κ2) is 8.19. The molecule has 0 bridgehead atoms. The lowest BCUT2D eigenvalue weighted by atomic mass is 10.1. The fourth-order valence-corrected chi connectivity index (χ4v) is 3.08. The van der Waals surface area contributed by atoms with Gasteiger partial charge in [-0.3, -0.25) is 0 Å². The standard InChI is InChI=1S/C16H25N3O2S/c1-4-17-16(22)19-9-7-18(8-10-19)12-13-11-14(20-2)5-6-15(13)21-3/h5-6,11H,4,7-10,12H2,1-3H3,(H,17,22)/p+1. The first-order chi connectivity index (χ1) is 10.7. The van der Waals surface area contributed by atoms with Gasteiger partial charge in [0.05, 0.1) is 46.0 Å². The maximum atomic E-state index is 5.47. The second-order valence-electron chi connectivity index (χ2n) is 5.43. The number of nitrogens with zero attached hydrogens (tertiary/aromatic N) is 1. The number of quaternary nitrogens is 1. The molecule has 1 aromatic carbocycles. The lowest BCUT2D eigenvalue weighted by molar-refractivity contribution is -0.917. The number of nitrogens with one attached hydrogen (secondary N) is 2. The number of hydrogen-bond acceptors (Lipinski definition) is 3. The summed E-state index contributed by atoms with van der Waals surface area (Å²) >= 11 is 5.38. The van der Waals surface area contributed by atoms with Gasteiger partial charge in [-0.05, 0) is 37.3 Å². The van der Waals surface area contributed by atoms with Crippen LogP contribution in [0.25, 0.3) is 0 Å². The zero-order valence-electron chi connectivity index (χ0n) is 13.6. The maximum Gasteiger partial charge on any atom is 0.169 e. The summed E-state index contributed by atoms with van der Waals surface area (Å²) in [5.41, 5.74) is 1.19. The summed E-state index contributed by atoms with van der Waals surface area (Å²) in [6.07, 6.45) is 0. The summed E-state index contributed by atoms with van der Waals surface area (Å²) in [4.78, 5) is 3.80. The van der Waals surface area contributed by atoms with Crippen molar-refractivity contribution in [3.8, 4) is 11.5 Å². The van der Waals surface area contributed by atoms with Crippen molar-refractivity contribution in [2.75, 3.05) is 46.9 Å². The van der Waals surface area contributed by atoms with Crippen LogP contribution in [0.15, 0.2) is 18.2 Å². The normalized spacial score (nSPS) is 15.5. The Morgan fingerprint density at radius 2 is 2.00 bits per heavy atom. The lowest BCUT2D eigenvalue weighted by Crippen LogP contribution is -3.13. The highest BCUT2D eigenvalue weighted by Gasteiger charge is 2.22. The zero-order valence-corrected chi connectivity index (χ0v) is 14.5. The van der Waals surface area contributed by atoms with Crippen molar-refractivity contribution in [2.24, 2.45) is 0 Å². The Balaban J connectivity index is 1.94. The molecule has 5 nitrogen and oxygen atoms in total. The van der Waals surface area contributed by atoms with Crippen LogP contribution in [0.1, 0.15) is 12.5 Å². The van der Waals surface area contributed by atoms with Crippen LogP contribution in [0.3, 0.4) is 0 Å². The predicted molar refractivity (Wildman–Crippen MR) is 91.8 cm³/mol. The minimum absolute atomic E-state index is 0.875. The van der Waals surface area contributed by atoms with Crippen LogP contribution in [0.5, 0.6) is 11.5 Å². The van der Waals surface area contributed by atoms with Crippen molar-refractivity contribution < 1.29 is 14.4 Å². The number of thiocarbonyl (C=S) groups is 1. The number of rotatable bonds is 5. The van der Waals surface area contributed by atoms with Crippen LogP contribution < -0.4 is 19.7 Å². The highest BCUT2D eigenvalue weighted by Crippen LogP contribution is 2.23. The molecule has 1 fully saturated rings. The molecule has 0 radical (unpaired) electrons. The van der Waals surface area contributed by atoms with E-state index >= 15 is 0 Å². The third-order valence-electron chi connectivity index (χ3n) is 4.01. The van der Waals surface area contributed by atoms with Gasteiger partial charge < -0.3 is 24.6 Å². The molecular weight excluding hydrogens is 298 g/mol. The van der Waals surface area contributed by atoms with E-state index < -0.39 is 0 Å². The van der Waals surface area contributed by atoms with Crippen LogP contribution in [0, 0.1) is 0 Å². The number of ether oxygens (including phenoxy) is 2. The topological polar surface area (TPSA) is 38.2 Å². The van der Waals surface area contributed by atoms with E-state index in [-0.39, 0.29) is 0 Å². The first-order valence-electron chi connectivity index (χ1n) is 7.75. The quantitative estimate of drug-likeness (QED) is 0.762. The van der Waals surface area contributed by atoms with Crippen LogP contribution in [-0.2, 0) is 6.54 Å². The van der Waals surface area contributed by atoms with Crippen molar-refractivity contribution in [1.82, 2.24) is 10.2 Å². The summed E-state index contributed by atoms with van der Waals surface area (Å²) in [7, 11) is 3.41. The molecule has 1 aliphatic heterocycles. The summed E-state index contributed by atoms with van der Waals surface area (Å²) in [6.45, 7) is 8.04. The van der Waals surface area contributed by atoms with Gasteiger partial charge in [-0.15, -0.1) is 0 Å². The van der Waals surface area contributed by atoms with E-state index in [0.29, 0.717) is 0 Å². The molecule has 1 aromatic rings. The van der Waals surface area contributed by atoms with Crippen LogP contribution >= 0.6 is 12.2 Å². The van der Waals surface area contributed by atoms with Gasteiger partial charge in [0.2, 0.25) is 0 Å². The van der Waals surface area contributed by atoms with Gasteiger partial charge >= 0.3 is 0 Å². The molecule has 0 saturated carbocycles. The van der Waals surface area contributed by atoms with Gasteiger partial charge in [0.1, 0.15) is 18.0 Å². The predicted octanol–water partition coefficient (Wildman–Crippen LogP) is 0.299. The fraction of sp³-hybridized carbons (Fsp3) is 0.562. The SMILES string of the molecule is CCNC(=S)N1CC[NH+](Cc2cc(OC)ccc2OC)CC1. The Bertz CT molecular complexity index is 502. The van der Waals surface area contributed by atoms with Crippen LogP contribution in [0.2, 0.25) is 0 Å². The minimum atomic E-state index is 0.875. The van der Waals surface area contributed by atoms with E-state index in [1.165, 1.54) is 5.56 Å². The minimum Gasteiger partial charge on any atom is -0.497 e. The van der Waals surface area contributed by atoms with Gasteiger partial charge in [-0.25, -0.2) is 0 Å². The highest BCUT2D eigenvalue weighted by atomic mass is 32.1. The molecule has 0 spiro atoms. The van der Waals surface area contributed by atoms with E-state index in [0.717, 1.165) is 55.9 Å². The number of benzene rings is 1. The first kappa shape index (κ1) is 16.8. The Kier molecular flexibility index (Phi) is 6.27. The monoisotopic (exact) mass is 324 g/mol. The molecule has 1 heterocycles. The third-order valence-corrected chi connectivity index (χ3v) is 4.42. The molecule has 122 valence electrons. The van der Waals surface area contributed by atoms with Gasteiger partial charge in [-0.2, -0.15) is 0 Å². The summed E-state index contributed by atoms with van der Waals surface area (Å²) in [5, 5.41) is 4.10. The maximum absolute atomic E-state index is 5.47. The Labute approximate surface area is 138 Å². The van der Waals surface area contributed by atoms with E-state index in [9.17, 15) is 0 Å². The van der Waals surface area contributed by atoms with Gasteiger partial charge in [-0.1, -0.05) is 0 Å². The lowest BCUT2D eigenvalue weighted by Gasteiger charge is -2.34.